The number of carboxylic acid groups (broad SMARTS) is 1. The molecule has 2 aromatic heterocycles. The molecular weight excluding hydrogens is 272 g/mol. The molecule has 0 spiro atoms. The second-order valence-corrected chi connectivity index (χ2v) is 5.90. The molecule has 0 aliphatic carbocycles. The highest BCUT2D eigenvalue weighted by atomic mass is 32.1. The highest BCUT2D eigenvalue weighted by Gasteiger charge is 2.13. The maximum Gasteiger partial charge on any atom is 0.354 e. The molecule has 4 nitrogen and oxygen atoms in total. The van der Waals surface area contributed by atoms with Gasteiger partial charge in [-0.25, -0.2) is 9.78 Å². The number of thiophene rings is 1. The lowest BCUT2D eigenvalue weighted by atomic mass is 10.1. The van der Waals surface area contributed by atoms with Crippen molar-refractivity contribution in [2.24, 2.45) is 0 Å². The summed E-state index contributed by atoms with van der Waals surface area (Å²) in [6.45, 7) is 2.81. The van der Waals surface area contributed by atoms with E-state index in [0.29, 0.717) is 12.6 Å². The Morgan fingerprint density at radius 1 is 1.40 bits per heavy atom. The van der Waals surface area contributed by atoms with Gasteiger partial charge in [0.1, 0.15) is 5.69 Å². The largest absolute Gasteiger partial charge is 0.477 e. The molecule has 0 aliphatic heterocycles. The molecule has 0 radical (unpaired) electrons. The maximum absolute atomic E-state index is 10.9. The number of nitrogens with zero attached hydrogens (tertiary/aromatic N) is 2. The van der Waals surface area contributed by atoms with E-state index in [4.69, 9.17) is 5.11 Å². The van der Waals surface area contributed by atoms with Crippen molar-refractivity contribution in [3.05, 3.63) is 52.0 Å². The molecule has 1 atom stereocenters. The van der Waals surface area contributed by atoms with Gasteiger partial charge in [-0.3, -0.25) is 4.90 Å². The summed E-state index contributed by atoms with van der Waals surface area (Å²) in [5.41, 5.74) is 0.882. The SMILES string of the molecule is CC(Cc1cccs1)N(C)Cc1cccc(C(=O)O)n1. The van der Waals surface area contributed by atoms with Crippen molar-refractivity contribution in [1.82, 2.24) is 9.88 Å². The van der Waals surface area contributed by atoms with Crippen LogP contribution < -0.4 is 0 Å². The molecule has 1 unspecified atom stereocenters. The highest BCUT2D eigenvalue weighted by Crippen LogP contribution is 2.14. The predicted molar refractivity (Wildman–Crippen MR) is 80.1 cm³/mol. The van der Waals surface area contributed by atoms with Gasteiger partial charge >= 0.3 is 5.97 Å². The molecule has 0 fully saturated rings. The van der Waals surface area contributed by atoms with Crippen LogP contribution in [0.4, 0.5) is 0 Å². The Morgan fingerprint density at radius 3 is 2.85 bits per heavy atom. The molecule has 2 heterocycles. The molecular formula is C15H18N2O2S. The van der Waals surface area contributed by atoms with Crippen LogP contribution in [-0.4, -0.2) is 34.0 Å². The van der Waals surface area contributed by atoms with Gasteiger partial charge in [-0.15, -0.1) is 11.3 Å². The molecule has 0 bridgehead atoms. The first-order chi connectivity index (χ1) is 9.56. The van der Waals surface area contributed by atoms with Crippen molar-refractivity contribution in [3.63, 3.8) is 0 Å². The Morgan fingerprint density at radius 2 is 2.20 bits per heavy atom. The Labute approximate surface area is 122 Å². The number of aromatic carboxylic acids is 1. The van der Waals surface area contributed by atoms with Crippen LogP contribution in [0.15, 0.2) is 35.7 Å². The van der Waals surface area contributed by atoms with Gasteiger partial charge < -0.3 is 5.11 Å². The maximum atomic E-state index is 10.9. The summed E-state index contributed by atoms with van der Waals surface area (Å²) in [4.78, 5) is 18.6. The first-order valence-corrected chi connectivity index (χ1v) is 7.36. The summed E-state index contributed by atoms with van der Waals surface area (Å²) in [6.07, 6.45) is 0.993. The van der Waals surface area contributed by atoms with Gasteiger partial charge in [-0.2, -0.15) is 0 Å². The minimum Gasteiger partial charge on any atom is -0.477 e. The van der Waals surface area contributed by atoms with Gasteiger partial charge in [-0.1, -0.05) is 12.1 Å². The van der Waals surface area contributed by atoms with E-state index in [-0.39, 0.29) is 5.69 Å². The molecule has 106 valence electrons. The second kappa shape index (κ2) is 6.63. The molecule has 2 aromatic rings. The Bertz CT molecular complexity index is 569. The average molecular weight is 290 g/mol. The number of hydrogen-bond acceptors (Lipinski definition) is 4. The molecule has 1 N–H and O–H groups in total. The van der Waals surface area contributed by atoms with Gasteiger partial charge in [0, 0.05) is 17.5 Å². The van der Waals surface area contributed by atoms with Crippen LogP contribution in [0, 0.1) is 0 Å². The molecule has 0 aliphatic rings. The zero-order valence-electron chi connectivity index (χ0n) is 11.6. The zero-order valence-corrected chi connectivity index (χ0v) is 12.4. The zero-order chi connectivity index (χ0) is 14.5. The molecule has 5 heteroatoms. The first kappa shape index (κ1) is 14.7. The topological polar surface area (TPSA) is 53.4 Å². The summed E-state index contributed by atoms with van der Waals surface area (Å²) < 4.78 is 0. The van der Waals surface area contributed by atoms with E-state index in [0.717, 1.165) is 12.1 Å². The quantitative estimate of drug-likeness (QED) is 0.888. The average Bonchev–Trinajstić information content (AvgIpc) is 2.91. The van der Waals surface area contributed by atoms with E-state index in [1.54, 1.807) is 17.4 Å². The lowest BCUT2D eigenvalue weighted by molar-refractivity contribution is 0.0690. The van der Waals surface area contributed by atoms with E-state index in [1.165, 1.54) is 10.9 Å². The third kappa shape index (κ3) is 3.88. The number of pyridine rings is 1. The fraction of sp³-hybridized carbons (Fsp3) is 0.333. The van der Waals surface area contributed by atoms with Crippen molar-refractivity contribution in [2.75, 3.05) is 7.05 Å². The van der Waals surface area contributed by atoms with Crippen molar-refractivity contribution in [3.8, 4) is 0 Å². The van der Waals surface area contributed by atoms with Crippen LogP contribution in [0.25, 0.3) is 0 Å². The van der Waals surface area contributed by atoms with Crippen LogP contribution in [0.1, 0.15) is 28.0 Å². The number of carboxylic acids is 1. The van der Waals surface area contributed by atoms with E-state index in [1.807, 2.05) is 13.1 Å². The van der Waals surface area contributed by atoms with Gasteiger partial charge in [0.05, 0.1) is 5.69 Å². The Kier molecular flexibility index (Phi) is 4.87. The molecule has 2 rings (SSSR count). The molecule has 20 heavy (non-hydrogen) atoms. The number of carbonyl (C=O) groups is 1. The first-order valence-electron chi connectivity index (χ1n) is 6.48. The van der Waals surface area contributed by atoms with Crippen LogP contribution in [0.5, 0.6) is 0 Å². The highest BCUT2D eigenvalue weighted by molar-refractivity contribution is 7.09. The molecule has 0 saturated heterocycles. The Balaban J connectivity index is 1.98. The van der Waals surface area contributed by atoms with Crippen molar-refractivity contribution in [2.45, 2.75) is 25.9 Å². The Hall–Kier alpha value is -1.72. The molecule has 0 saturated carbocycles. The summed E-state index contributed by atoms with van der Waals surface area (Å²) >= 11 is 1.76. The lowest BCUT2D eigenvalue weighted by Crippen LogP contribution is -2.30. The number of hydrogen-bond donors (Lipinski definition) is 1. The number of likely N-dealkylation sites (N-methyl/N-ethyl adjacent to an activating group) is 1. The molecule has 0 amide bonds. The van der Waals surface area contributed by atoms with Gasteiger partial charge in [-0.05, 0) is 44.0 Å². The fourth-order valence-electron chi connectivity index (χ4n) is 1.97. The van der Waals surface area contributed by atoms with Crippen LogP contribution in [-0.2, 0) is 13.0 Å². The summed E-state index contributed by atoms with van der Waals surface area (Å²) in [5.74, 6) is -0.985. The normalized spacial score (nSPS) is 12.6. The van der Waals surface area contributed by atoms with Crippen LogP contribution >= 0.6 is 11.3 Å². The summed E-state index contributed by atoms with van der Waals surface area (Å²) in [6, 6.07) is 9.69. The van der Waals surface area contributed by atoms with Gasteiger partial charge in [0.15, 0.2) is 0 Å². The van der Waals surface area contributed by atoms with Gasteiger partial charge in [0.25, 0.3) is 0 Å². The van der Waals surface area contributed by atoms with Crippen molar-refractivity contribution < 1.29 is 9.90 Å². The van der Waals surface area contributed by atoms with Crippen LogP contribution in [0.2, 0.25) is 0 Å². The number of aromatic nitrogens is 1. The third-order valence-electron chi connectivity index (χ3n) is 3.27. The summed E-state index contributed by atoms with van der Waals surface area (Å²) in [5, 5.41) is 11.0. The van der Waals surface area contributed by atoms with E-state index in [2.05, 4.69) is 34.3 Å². The molecule has 0 aromatic carbocycles. The second-order valence-electron chi connectivity index (χ2n) is 4.87. The third-order valence-corrected chi connectivity index (χ3v) is 4.17. The standard InChI is InChI=1S/C15H18N2O2S/c1-11(9-13-6-4-8-20-13)17(2)10-12-5-3-7-14(16-12)15(18)19/h3-8,11H,9-10H2,1-2H3,(H,18,19). The minimum atomic E-state index is -0.985. The van der Waals surface area contributed by atoms with E-state index >= 15 is 0 Å². The summed E-state index contributed by atoms with van der Waals surface area (Å²) in [7, 11) is 2.04. The van der Waals surface area contributed by atoms with Gasteiger partial charge in [0.2, 0.25) is 0 Å². The monoisotopic (exact) mass is 290 g/mol. The van der Waals surface area contributed by atoms with E-state index < -0.39 is 5.97 Å². The predicted octanol–water partition coefficient (Wildman–Crippen LogP) is 2.90. The number of rotatable bonds is 6. The van der Waals surface area contributed by atoms with E-state index in [9.17, 15) is 4.79 Å². The fourth-order valence-corrected chi connectivity index (χ4v) is 2.80. The van der Waals surface area contributed by atoms with Crippen molar-refractivity contribution in [1.29, 1.82) is 0 Å². The smallest absolute Gasteiger partial charge is 0.354 e. The van der Waals surface area contributed by atoms with Crippen molar-refractivity contribution >= 4 is 17.3 Å². The van der Waals surface area contributed by atoms with Crippen LogP contribution in [0.3, 0.4) is 0 Å². The minimum absolute atomic E-state index is 0.0989. The lowest BCUT2D eigenvalue weighted by Gasteiger charge is -2.24.